The van der Waals surface area contributed by atoms with Gasteiger partial charge in [0.05, 0.1) is 9.35 Å². The molecule has 15 heavy (non-hydrogen) atoms. The summed E-state index contributed by atoms with van der Waals surface area (Å²) in [6, 6.07) is 1.90. The van der Waals surface area contributed by atoms with E-state index in [0.29, 0.717) is 12.1 Å². The number of hydrogen-bond donors (Lipinski definition) is 2. The fourth-order valence-electron chi connectivity index (χ4n) is 1.30. The molecule has 0 aliphatic heterocycles. The van der Waals surface area contributed by atoms with Crippen LogP contribution in [0.2, 0.25) is 0 Å². The number of amides is 1. The quantitative estimate of drug-likeness (QED) is 0.875. The van der Waals surface area contributed by atoms with Gasteiger partial charge in [0.1, 0.15) is 0 Å². The molecule has 1 heterocycles. The number of carbonyl (C=O) groups is 1. The number of nitrogens with one attached hydrogen (secondary N) is 1. The Labute approximate surface area is 102 Å². The van der Waals surface area contributed by atoms with Crippen LogP contribution in [0, 0.1) is 0 Å². The topological polar surface area (TPSA) is 55.1 Å². The Hall–Kier alpha value is -0.390. The molecule has 0 fully saturated rings. The highest BCUT2D eigenvalue weighted by Crippen LogP contribution is 2.20. The molecule has 1 rings (SSSR count). The van der Waals surface area contributed by atoms with Crippen LogP contribution in [0.4, 0.5) is 0 Å². The minimum Gasteiger partial charge on any atom is -0.348 e. The molecule has 0 aromatic carbocycles. The fraction of sp³-hybridized carbons (Fsp3) is 0.500. The second-order valence-electron chi connectivity index (χ2n) is 3.33. The van der Waals surface area contributed by atoms with Crippen molar-refractivity contribution in [3.8, 4) is 0 Å². The SMILES string of the molecule is CCCC(CN)NC(=O)c1csc(Br)c1. The largest absolute Gasteiger partial charge is 0.348 e. The van der Waals surface area contributed by atoms with Crippen LogP contribution in [0.1, 0.15) is 30.1 Å². The maximum Gasteiger partial charge on any atom is 0.252 e. The lowest BCUT2D eigenvalue weighted by Gasteiger charge is -2.15. The monoisotopic (exact) mass is 290 g/mol. The summed E-state index contributed by atoms with van der Waals surface area (Å²) < 4.78 is 0.965. The van der Waals surface area contributed by atoms with E-state index in [4.69, 9.17) is 5.73 Å². The van der Waals surface area contributed by atoms with Crippen molar-refractivity contribution >= 4 is 33.2 Å². The third-order valence-electron chi connectivity index (χ3n) is 2.09. The Balaban J connectivity index is 2.54. The van der Waals surface area contributed by atoms with E-state index in [2.05, 4.69) is 28.2 Å². The number of rotatable bonds is 5. The van der Waals surface area contributed by atoms with Gasteiger partial charge in [-0.25, -0.2) is 0 Å². The van der Waals surface area contributed by atoms with Crippen LogP contribution in [0.5, 0.6) is 0 Å². The van der Waals surface area contributed by atoms with Crippen LogP contribution in [-0.2, 0) is 0 Å². The Bertz CT molecular complexity index is 327. The molecule has 0 bridgehead atoms. The molecule has 3 N–H and O–H groups in total. The van der Waals surface area contributed by atoms with Gasteiger partial charge in [-0.15, -0.1) is 11.3 Å². The first-order valence-corrected chi connectivity index (χ1v) is 6.59. The number of thiophene rings is 1. The van der Waals surface area contributed by atoms with E-state index in [1.807, 2.05) is 11.4 Å². The molecule has 0 saturated carbocycles. The first-order chi connectivity index (χ1) is 7.17. The smallest absolute Gasteiger partial charge is 0.252 e. The molecule has 1 atom stereocenters. The van der Waals surface area contributed by atoms with Crippen molar-refractivity contribution in [1.29, 1.82) is 0 Å². The van der Waals surface area contributed by atoms with E-state index in [1.54, 1.807) is 0 Å². The highest BCUT2D eigenvalue weighted by Gasteiger charge is 2.12. The Morgan fingerprint density at radius 1 is 1.73 bits per heavy atom. The van der Waals surface area contributed by atoms with E-state index in [0.717, 1.165) is 16.6 Å². The van der Waals surface area contributed by atoms with Crippen LogP contribution >= 0.6 is 27.3 Å². The van der Waals surface area contributed by atoms with Crippen LogP contribution in [0.3, 0.4) is 0 Å². The van der Waals surface area contributed by atoms with Crippen molar-refractivity contribution in [2.75, 3.05) is 6.54 Å². The average molecular weight is 291 g/mol. The van der Waals surface area contributed by atoms with Gasteiger partial charge in [0.15, 0.2) is 0 Å². The predicted octanol–water partition coefficient (Wildman–Crippen LogP) is 2.37. The first-order valence-electron chi connectivity index (χ1n) is 4.92. The summed E-state index contributed by atoms with van der Waals surface area (Å²) in [6.45, 7) is 2.57. The Morgan fingerprint density at radius 3 is 2.93 bits per heavy atom. The van der Waals surface area contributed by atoms with Gasteiger partial charge < -0.3 is 11.1 Å². The Morgan fingerprint density at radius 2 is 2.47 bits per heavy atom. The second-order valence-corrected chi connectivity index (χ2v) is 5.62. The maximum atomic E-state index is 11.7. The first kappa shape index (κ1) is 12.7. The molecule has 84 valence electrons. The number of nitrogens with two attached hydrogens (primary N) is 1. The van der Waals surface area contributed by atoms with Gasteiger partial charge in [0, 0.05) is 18.0 Å². The summed E-state index contributed by atoms with van der Waals surface area (Å²) in [5.41, 5.74) is 6.26. The highest BCUT2D eigenvalue weighted by atomic mass is 79.9. The van der Waals surface area contributed by atoms with Crippen molar-refractivity contribution < 1.29 is 4.79 Å². The van der Waals surface area contributed by atoms with E-state index in [1.165, 1.54) is 11.3 Å². The third-order valence-corrected chi connectivity index (χ3v) is 3.59. The summed E-state index contributed by atoms with van der Waals surface area (Å²) in [4.78, 5) is 11.7. The molecule has 1 aromatic rings. The number of halogens is 1. The van der Waals surface area contributed by atoms with E-state index in [9.17, 15) is 4.79 Å². The molecule has 0 aliphatic carbocycles. The molecular formula is C10H15BrN2OS. The molecule has 1 amide bonds. The van der Waals surface area contributed by atoms with Crippen LogP contribution in [0.25, 0.3) is 0 Å². The van der Waals surface area contributed by atoms with Gasteiger partial charge in [0.2, 0.25) is 0 Å². The van der Waals surface area contributed by atoms with Crippen LogP contribution in [0.15, 0.2) is 15.2 Å². The zero-order valence-electron chi connectivity index (χ0n) is 8.63. The van der Waals surface area contributed by atoms with Gasteiger partial charge in [-0.3, -0.25) is 4.79 Å². The zero-order chi connectivity index (χ0) is 11.3. The minimum atomic E-state index is -0.0409. The van der Waals surface area contributed by atoms with Crippen LogP contribution in [-0.4, -0.2) is 18.5 Å². The highest BCUT2D eigenvalue weighted by molar-refractivity contribution is 9.11. The zero-order valence-corrected chi connectivity index (χ0v) is 11.0. The molecule has 0 radical (unpaired) electrons. The van der Waals surface area contributed by atoms with Gasteiger partial charge >= 0.3 is 0 Å². The number of hydrogen-bond acceptors (Lipinski definition) is 3. The fourth-order valence-corrected chi connectivity index (χ4v) is 2.43. The lowest BCUT2D eigenvalue weighted by molar-refractivity contribution is 0.0936. The molecular weight excluding hydrogens is 276 g/mol. The van der Waals surface area contributed by atoms with Crippen molar-refractivity contribution in [2.45, 2.75) is 25.8 Å². The van der Waals surface area contributed by atoms with Gasteiger partial charge in [0.25, 0.3) is 5.91 Å². The second kappa shape index (κ2) is 6.25. The molecule has 5 heteroatoms. The lowest BCUT2D eigenvalue weighted by Crippen LogP contribution is -2.39. The molecule has 0 saturated heterocycles. The maximum absolute atomic E-state index is 11.7. The summed E-state index contributed by atoms with van der Waals surface area (Å²) >= 11 is 4.83. The lowest BCUT2D eigenvalue weighted by atomic mass is 10.1. The van der Waals surface area contributed by atoms with Crippen LogP contribution < -0.4 is 11.1 Å². The molecule has 3 nitrogen and oxygen atoms in total. The molecule has 1 aromatic heterocycles. The van der Waals surface area contributed by atoms with E-state index in [-0.39, 0.29) is 11.9 Å². The summed E-state index contributed by atoms with van der Waals surface area (Å²) in [7, 11) is 0. The summed E-state index contributed by atoms with van der Waals surface area (Å²) in [5.74, 6) is -0.0409. The number of carbonyl (C=O) groups excluding carboxylic acids is 1. The standard InChI is InChI=1S/C10H15BrN2OS/c1-2-3-8(5-12)13-10(14)7-4-9(11)15-6-7/h4,6,8H,2-3,5,12H2,1H3,(H,13,14). The van der Waals surface area contributed by atoms with Crippen molar-refractivity contribution in [2.24, 2.45) is 5.73 Å². The predicted molar refractivity (Wildman–Crippen MR) is 67.2 cm³/mol. The van der Waals surface area contributed by atoms with Gasteiger partial charge in [-0.1, -0.05) is 13.3 Å². The minimum absolute atomic E-state index is 0.0409. The van der Waals surface area contributed by atoms with Gasteiger partial charge in [-0.2, -0.15) is 0 Å². The molecule has 0 spiro atoms. The van der Waals surface area contributed by atoms with E-state index >= 15 is 0 Å². The molecule has 0 aliphatic rings. The Kier molecular flexibility index (Phi) is 5.28. The third kappa shape index (κ3) is 3.93. The summed E-state index contributed by atoms with van der Waals surface area (Å²) in [5, 5.41) is 4.75. The average Bonchev–Trinajstić information content (AvgIpc) is 2.64. The summed E-state index contributed by atoms with van der Waals surface area (Å²) in [6.07, 6.45) is 1.95. The van der Waals surface area contributed by atoms with E-state index < -0.39 is 0 Å². The van der Waals surface area contributed by atoms with Crippen molar-refractivity contribution in [3.05, 3.63) is 20.8 Å². The normalized spacial score (nSPS) is 12.5. The molecule has 1 unspecified atom stereocenters. The van der Waals surface area contributed by atoms with Crippen molar-refractivity contribution in [1.82, 2.24) is 5.32 Å². The van der Waals surface area contributed by atoms with Crippen molar-refractivity contribution in [3.63, 3.8) is 0 Å². The van der Waals surface area contributed by atoms with Gasteiger partial charge in [-0.05, 0) is 28.4 Å².